The molecule has 0 aromatic heterocycles. The second kappa shape index (κ2) is 10.6. The van der Waals surface area contributed by atoms with Crippen LogP contribution in [0.3, 0.4) is 0 Å². The molecule has 146 valence electrons. The SMILES string of the molecule is O=P(OCC1CC=CCC1)(OCC1CC=CCC1)OCC1CC=CCC1. The summed E-state index contributed by atoms with van der Waals surface area (Å²) in [5, 5.41) is 0. The van der Waals surface area contributed by atoms with E-state index in [0.717, 1.165) is 57.8 Å². The smallest absolute Gasteiger partial charge is 0.287 e. The summed E-state index contributed by atoms with van der Waals surface area (Å²) in [6, 6.07) is 0. The minimum Gasteiger partial charge on any atom is -0.287 e. The monoisotopic (exact) mass is 380 g/mol. The number of hydrogen-bond acceptors (Lipinski definition) is 4. The van der Waals surface area contributed by atoms with Gasteiger partial charge >= 0.3 is 7.82 Å². The molecule has 0 amide bonds. The van der Waals surface area contributed by atoms with E-state index in [9.17, 15) is 4.57 Å². The summed E-state index contributed by atoms with van der Waals surface area (Å²) in [4.78, 5) is 0. The van der Waals surface area contributed by atoms with Crippen molar-refractivity contribution in [2.24, 2.45) is 17.8 Å². The first kappa shape index (κ1) is 20.1. The zero-order chi connectivity index (χ0) is 18.1. The van der Waals surface area contributed by atoms with E-state index in [4.69, 9.17) is 13.6 Å². The molecule has 3 unspecified atom stereocenters. The molecular formula is C21H33O4P. The van der Waals surface area contributed by atoms with Crippen LogP contribution in [0.2, 0.25) is 0 Å². The fraction of sp³-hybridized carbons (Fsp3) is 0.714. The predicted molar refractivity (Wildman–Crippen MR) is 105 cm³/mol. The predicted octanol–water partition coefficient (Wildman–Crippen LogP) is 6.21. The average molecular weight is 380 g/mol. The molecule has 0 aromatic rings. The van der Waals surface area contributed by atoms with Crippen molar-refractivity contribution in [2.75, 3.05) is 19.8 Å². The van der Waals surface area contributed by atoms with Crippen molar-refractivity contribution in [3.63, 3.8) is 0 Å². The molecule has 0 heterocycles. The second-order valence-corrected chi connectivity index (χ2v) is 9.45. The summed E-state index contributed by atoms with van der Waals surface area (Å²) >= 11 is 0. The van der Waals surface area contributed by atoms with Gasteiger partial charge in [-0.15, -0.1) is 0 Å². The molecule has 26 heavy (non-hydrogen) atoms. The summed E-state index contributed by atoms with van der Waals surface area (Å²) in [7, 11) is -3.49. The van der Waals surface area contributed by atoms with Crippen LogP contribution in [0.1, 0.15) is 57.8 Å². The third-order valence-electron chi connectivity index (χ3n) is 5.54. The topological polar surface area (TPSA) is 44.8 Å². The fourth-order valence-corrected chi connectivity index (χ4v) is 5.13. The molecule has 0 radical (unpaired) electrons. The minimum atomic E-state index is -3.49. The van der Waals surface area contributed by atoms with Crippen molar-refractivity contribution in [2.45, 2.75) is 57.8 Å². The Balaban J connectivity index is 1.51. The average Bonchev–Trinajstić information content (AvgIpc) is 2.72. The lowest BCUT2D eigenvalue weighted by molar-refractivity contribution is 0.0751. The number of rotatable bonds is 9. The van der Waals surface area contributed by atoms with Crippen molar-refractivity contribution in [3.8, 4) is 0 Å². The van der Waals surface area contributed by atoms with E-state index < -0.39 is 7.82 Å². The van der Waals surface area contributed by atoms with E-state index in [0.29, 0.717) is 37.6 Å². The molecule has 3 atom stereocenters. The van der Waals surface area contributed by atoms with E-state index in [1.165, 1.54) is 0 Å². The molecule has 0 aromatic carbocycles. The van der Waals surface area contributed by atoms with Crippen LogP contribution < -0.4 is 0 Å². The van der Waals surface area contributed by atoms with Crippen LogP contribution in [0.4, 0.5) is 0 Å². The number of phosphoric ester groups is 1. The number of hydrogen-bond donors (Lipinski definition) is 0. The van der Waals surface area contributed by atoms with Gasteiger partial charge in [-0.1, -0.05) is 36.5 Å². The summed E-state index contributed by atoms with van der Waals surface area (Å²) in [6.45, 7) is 1.37. The summed E-state index contributed by atoms with van der Waals surface area (Å²) in [5.74, 6) is 1.24. The Morgan fingerprint density at radius 1 is 0.615 bits per heavy atom. The summed E-state index contributed by atoms with van der Waals surface area (Å²) in [5.41, 5.74) is 0. The summed E-state index contributed by atoms with van der Waals surface area (Å²) < 4.78 is 30.6. The molecule has 0 saturated carbocycles. The lowest BCUT2D eigenvalue weighted by Crippen LogP contribution is -2.17. The van der Waals surface area contributed by atoms with Gasteiger partial charge in [0.25, 0.3) is 0 Å². The van der Waals surface area contributed by atoms with E-state index in [-0.39, 0.29) is 0 Å². The maximum atomic E-state index is 13.2. The molecule has 0 fully saturated rings. The zero-order valence-corrected chi connectivity index (χ0v) is 16.7. The van der Waals surface area contributed by atoms with Crippen molar-refractivity contribution >= 4 is 7.82 Å². The highest BCUT2D eigenvalue weighted by atomic mass is 31.2. The number of phosphoric acid groups is 1. The molecule has 0 N–H and O–H groups in total. The Hall–Kier alpha value is -0.670. The van der Waals surface area contributed by atoms with Gasteiger partial charge in [0, 0.05) is 0 Å². The minimum absolute atomic E-state index is 0.413. The van der Waals surface area contributed by atoms with Crippen molar-refractivity contribution in [1.82, 2.24) is 0 Å². The Kier molecular flexibility index (Phi) is 8.19. The zero-order valence-electron chi connectivity index (χ0n) is 15.8. The van der Waals surface area contributed by atoms with Crippen LogP contribution in [0.15, 0.2) is 36.5 Å². The Bertz CT molecular complexity index is 478. The van der Waals surface area contributed by atoms with E-state index in [1.54, 1.807) is 0 Å². The van der Waals surface area contributed by atoms with Crippen LogP contribution in [0, 0.1) is 17.8 Å². The molecule has 3 aliphatic carbocycles. The quantitative estimate of drug-likeness (QED) is 0.352. The molecule has 0 spiro atoms. The van der Waals surface area contributed by atoms with E-state index in [2.05, 4.69) is 36.5 Å². The van der Waals surface area contributed by atoms with Gasteiger partial charge in [-0.05, 0) is 75.5 Å². The largest absolute Gasteiger partial charge is 0.474 e. The molecule has 4 nitrogen and oxygen atoms in total. The van der Waals surface area contributed by atoms with E-state index in [1.807, 2.05) is 0 Å². The molecule has 3 aliphatic rings. The van der Waals surface area contributed by atoms with Gasteiger partial charge in [0.1, 0.15) is 0 Å². The first-order valence-electron chi connectivity index (χ1n) is 10.2. The van der Waals surface area contributed by atoms with E-state index >= 15 is 0 Å². The van der Waals surface area contributed by atoms with Crippen LogP contribution in [-0.2, 0) is 18.1 Å². The lowest BCUT2D eigenvalue weighted by atomic mass is 9.96. The van der Waals surface area contributed by atoms with Gasteiger partial charge in [0.2, 0.25) is 0 Å². The second-order valence-electron chi connectivity index (χ2n) is 7.79. The van der Waals surface area contributed by atoms with Crippen molar-refractivity contribution < 1.29 is 18.1 Å². The van der Waals surface area contributed by atoms with Crippen LogP contribution in [-0.4, -0.2) is 19.8 Å². The molecule has 0 saturated heterocycles. The van der Waals surface area contributed by atoms with Gasteiger partial charge < -0.3 is 0 Å². The third kappa shape index (κ3) is 6.81. The lowest BCUT2D eigenvalue weighted by Gasteiger charge is -2.26. The molecule has 0 bridgehead atoms. The van der Waals surface area contributed by atoms with Crippen LogP contribution >= 0.6 is 7.82 Å². The molecule has 3 rings (SSSR count). The van der Waals surface area contributed by atoms with Crippen LogP contribution in [0.5, 0.6) is 0 Å². The van der Waals surface area contributed by atoms with Gasteiger partial charge in [0.15, 0.2) is 0 Å². The maximum Gasteiger partial charge on any atom is 0.474 e. The first-order valence-corrected chi connectivity index (χ1v) is 11.7. The molecular weight excluding hydrogens is 347 g/mol. The number of allylic oxidation sites excluding steroid dienone is 6. The standard InChI is InChI=1S/C21H33O4P/c22-26(23-16-19-10-4-1-5-11-19,24-17-20-12-6-2-7-13-20)25-18-21-14-8-3-9-15-21/h1-4,6,8,19-21H,5,7,9-18H2. The first-order chi connectivity index (χ1) is 12.7. The highest BCUT2D eigenvalue weighted by Gasteiger charge is 2.31. The Morgan fingerprint density at radius 3 is 1.23 bits per heavy atom. The third-order valence-corrected chi connectivity index (χ3v) is 6.93. The molecule has 0 aliphatic heterocycles. The fourth-order valence-electron chi connectivity index (χ4n) is 3.72. The molecule has 5 heteroatoms. The highest BCUT2D eigenvalue weighted by Crippen LogP contribution is 2.51. The highest BCUT2D eigenvalue weighted by molar-refractivity contribution is 7.48. The maximum absolute atomic E-state index is 13.2. The van der Waals surface area contributed by atoms with Gasteiger partial charge in [-0.3, -0.25) is 13.6 Å². The summed E-state index contributed by atoms with van der Waals surface area (Å²) in [6.07, 6.45) is 22.6. The normalized spacial score (nSPS) is 31.0. The van der Waals surface area contributed by atoms with Crippen LogP contribution in [0.25, 0.3) is 0 Å². The van der Waals surface area contributed by atoms with Crippen molar-refractivity contribution in [1.29, 1.82) is 0 Å². The van der Waals surface area contributed by atoms with Crippen molar-refractivity contribution in [3.05, 3.63) is 36.5 Å². The Labute approximate surface area is 158 Å². The van der Waals surface area contributed by atoms with Gasteiger partial charge in [-0.25, -0.2) is 4.57 Å². The van der Waals surface area contributed by atoms with Gasteiger partial charge in [-0.2, -0.15) is 0 Å². The van der Waals surface area contributed by atoms with Gasteiger partial charge in [0.05, 0.1) is 19.8 Å². The Morgan fingerprint density at radius 2 is 0.962 bits per heavy atom.